The second-order valence-electron chi connectivity index (χ2n) is 5.86. The number of benzene rings is 2. The van der Waals surface area contributed by atoms with Gasteiger partial charge in [-0.05, 0) is 42.3 Å². The van der Waals surface area contributed by atoms with E-state index in [2.05, 4.69) is 42.6 Å². The topological polar surface area (TPSA) is 42.2 Å². The zero-order chi connectivity index (χ0) is 16.9. The van der Waals surface area contributed by atoms with Crippen molar-refractivity contribution in [2.75, 3.05) is 5.75 Å². The molecule has 1 amide bonds. The van der Waals surface area contributed by atoms with Crippen molar-refractivity contribution in [3.8, 4) is 0 Å². The molecule has 0 spiro atoms. The highest BCUT2D eigenvalue weighted by Gasteiger charge is 2.14. The monoisotopic (exact) mass is 339 g/mol. The van der Waals surface area contributed by atoms with E-state index in [1.165, 1.54) is 16.3 Å². The maximum absolute atomic E-state index is 12.1. The van der Waals surface area contributed by atoms with Crippen LogP contribution in [-0.2, 0) is 4.79 Å². The first-order valence-electron chi connectivity index (χ1n) is 8.06. The zero-order valence-corrected chi connectivity index (χ0v) is 14.7. The highest BCUT2D eigenvalue weighted by atomic mass is 32.2. The zero-order valence-electron chi connectivity index (χ0n) is 13.9. The third-order valence-electron chi connectivity index (χ3n) is 4.05. The van der Waals surface area contributed by atoms with Crippen molar-refractivity contribution in [3.05, 3.63) is 72.2 Å². The number of furan rings is 1. The van der Waals surface area contributed by atoms with Gasteiger partial charge in [0.1, 0.15) is 5.76 Å². The minimum Gasteiger partial charge on any atom is -0.467 e. The van der Waals surface area contributed by atoms with Crippen LogP contribution in [0.25, 0.3) is 10.8 Å². The van der Waals surface area contributed by atoms with Crippen LogP contribution < -0.4 is 5.32 Å². The van der Waals surface area contributed by atoms with Gasteiger partial charge in [-0.15, -0.1) is 11.8 Å². The summed E-state index contributed by atoms with van der Waals surface area (Å²) >= 11 is 1.64. The summed E-state index contributed by atoms with van der Waals surface area (Å²) in [6.45, 7) is 4.06. The van der Waals surface area contributed by atoms with Crippen molar-refractivity contribution < 1.29 is 9.21 Å². The van der Waals surface area contributed by atoms with Crippen molar-refractivity contribution in [1.29, 1.82) is 0 Å². The number of carbonyl (C=O) groups is 1. The maximum atomic E-state index is 12.1. The van der Waals surface area contributed by atoms with Crippen LogP contribution in [0.15, 0.2) is 65.3 Å². The van der Waals surface area contributed by atoms with Gasteiger partial charge in [-0.25, -0.2) is 0 Å². The molecular formula is C20H21NO2S. The van der Waals surface area contributed by atoms with Crippen LogP contribution in [0.5, 0.6) is 0 Å². The molecule has 0 fully saturated rings. The van der Waals surface area contributed by atoms with Crippen LogP contribution in [0.2, 0.25) is 0 Å². The Bertz CT molecular complexity index is 813. The van der Waals surface area contributed by atoms with Crippen molar-refractivity contribution in [2.45, 2.75) is 25.1 Å². The molecule has 0 aliphatic heterocycles. The molecule has 1 aromatic heterocycles. The number of hydrogen-bond donors (Lipinski definition) is 1. The van der Waals surface area contributed by atoms with Gasteiger partial charge in [-0.3, -0.25) is 4.79 Å². The molecule has 1 N–H and O–H groups in total. The lowest BCUT2D eigenvalue weighted by molar-refractivity contribution is -0.119. The van der Waals surface area contributed by atoms with Crippen LogP contribution in [0.1, 0.15) is 36.5 Å². The molecule has 0 aliphatic carbocycles. The molecule has 3 rings (SSSR count). The Morgan fingerprint density at radius 1 is 1.08 bits per heavy atom. The van der Waals surface area contributed by atoms with E-state index in [1.54, 1.807) is 18.0 Å². The lowest BCUT2D eigenvalue weighted by Crippen LogP contribution is -2.28. The Balaban J connectivity index is 1.56. The molecule has 2 aromatic carbocycles. The number of rotatable bonds is 6. The number of hydrogen-bond acceptors (Lipinski definition) is 3. The van der Waals surface area contributed by atoms with Crippen LogP contribution in [0.4, 0.5) is 0 Å². The number of fused-ring (bicyclic) bond motifs is 1. The smallest absolute Gasteiger partial charge is 0.230 e. The fraction of sp³-hybridized carbons (Fsp3) is 0.250. The second-order valence-corrected chi connectivity index (χ2v) is 7.19. The summed E-state index contributed by atoms with van der Waals surface area (Å²) in [5.74, 6) is 1.23. The Labute approximate surface area is 146 Å². The molecule has 124 valence electrons. The molecule has 3 aromatic rings. The van der Waals surface area contributed by atoms with Gasteiger partial charge in [0.05, 0.1) is 18.1 Å². The quantitative estimate of drug-likeness (QED) is 0.679. The van der Waals surface area contributed by atoms with Crippen molar-refractivity contribution in [3.63, 3.8) is 0 Å². The van der Waals surface area contributed by atoms with Gasteiger partial charge in [0.2, 0.25) is 5.91 Å². The lowest BCUT2D eigenvalue weighted by atomic mass is 10.1. The standard InChI is InChI=1S/C20H21NO2S/c1-14(19-8-5-11-23-19)21-20(22)13-24-15(2)17-10-9-16-6-3-4-7-18(16)12-17/h3-12,14-15H,13H2,1-2H3,(H,21,22). The Hall–Kier alpha value is -2.20. The van der Waals surface area contributed by atoms with E-state index in [-0.39, 0.29) is 17.2 Å². The molecule has 2 atom stereocenters. The molecule has 2 unspecified atom stereocenters. The minimum atomic E-state index is -0.107. The summed E-state index contributed by atoms with van der Waals surface area (Å²) in [4.78, 5) is 12.1. The van der Waals surface area contributed by atoms with Gasteiger partial charge in [-0.1, -0.05) is 42.5 Å². The average Bonchev–Trinajstić information content (AvgIpc) is 3.14. The van der Waals surface area contributed by atoms with Crippen molar-refractivity contribution in [1.82, 2.24) is 5.32 Å². The highest BCUT2D eigenvalue weighted by molar-refractivity contribution is 8.00. The van der Waals surface area contributed by atoms with E-state index < -0.39 is 0 Å². The van der Waals surface area contributed by atoms with Gasteiger partial charge in [-0.2, -0.15) is 0 Å². The fourth-order valence-electron chi connectivity index (χ4n) is 2.65. The summed E-state index contributed by atoms with van der Waals surface area (Å²) in [5, 5.41) is 5.70. The third-order valence-corrected chi connectivity index (χ3v) is 5.26. The van der Waals surface area contributed by atoms with E-state index in [9.17, 15) is 4.79 Å². The summed E-state index contributed by atoms with van der Waals surface area (Å²) in [6, 6.07) is 18.4. The molecule has 1 heterocycles. The van der Waals surface area contributed by atoms with Gasteiger partial charge in [0.15, 0.2) is 0 Å². The molecule has 0 radical (unpaired) electrons. The van der Waals surface area contributed by atoms with E-state index in [0.717, 1.165) is 5.76 Å². The van der Waals surface area contributed by atoms with Crippen LogP contribution in [0.3, 0.4) is 0 Å². The minimum absolute atomic E-state index is 0.0246. The molecule has 0 saturated heterocycles. The number of nitrogens with one attached hydrogen (secondary N) is 1. The molecule has 0 aliphatic rings. The van der Waals surface area contributed by atoms with E-state index in [4.69, 9.17) is 4.42 Å². The maximum Gasteiger partial charge on any atom is 0.230 e. The Morgan fingerprint density at radius 3 is 2.62 bits per heavy atom. The lowest BCUT2D eigenvalue weighted by Gasteiger charge is -2.14. The summed E-state index contributed by atoms with van der Waals surface area (Å²) < 4.78 is 5.31. The van der Waals surface area contributed by atoms with Gasteiger partial charge < -0.3 is 9.73 Å². The highest BCUT2D eigenvalue weighted by Crippen LogP contribution is 2.30. The van der Waals surface area contributed by atoms with Crippen LogP contribution in [0, 0.1) is 0 Å². The molecule has 0 bridgehead atoms. The van der Waals surface area contributed by atoms with Crippen molar-refractivity contribution in [2.24, 2.45) is 0 Å². The van der Waals surface area contributed by atoms with E-state index in [1.807, 2.05) is 31.2 Å². The number of thioether (sulfide) groups is 1. The summed E-state index contributed by atoms with van der Waals surface area (Å²) in [6.07, 6.45) is 1.62. The Morgan fingerprint density at radius 2 is 1.88 bits per heavy atom. The molecule has 24 heavy (non-hydrogen) atoms. The van der Waals surface area contributed by atoms with E-state index >= 15 is 0 Å². The van der Waals surface area contributed by atoms with Gasteiger partial charge >= 0.3 is 0 Å². The normalized spacial score (nSPS) is 13.6. The van der Waals surface area contributed by atoms with Gasteiger partial charge in [0.25, 0.3) is 0 Å². The van der Waals surface area contributed by atoms with Crippen LogP contribution in [-0.4, -0.2) is 11.7 Å². The molecule has 3 nitrogen and oxygen atoms in total. The molecule has 4 heteroatoms. The first-order chi connectivity index (χ1) is 11.6. The molecule has 0 saturated carbocycles. The molecular weight excluding hydrogens is 318 g/mol. The average molecular weight is 339 g/mol. The van der Waals surface area contributed by atoms with Crippen LogP contribution >= 0.6 is 11.8 Å². The fourth-order valence-corrected chi connectivity index (χ4v) is 3.47. The predicted molar refractivity (Wildman–Crippen MR) is 100 cm³/mol. The first-order valence-corrected chi connectivity index (χ1v) is 9.11. The van der Waals surface area contributed by atoms with Crippen molar-refractivity contribution >= 4 is 28.4 Å². The predicted octanol–water partition coefficient (Wildman–Crippen LogP) is 5.10. The van der Waals surface area contributed by atoms with Gasteiger partial charge in [0, 0.05) is 5.25 Å². The first kappa shape index (κ1) is 16.7. The SMILES string of the molecule is CC(NC(=O)CSC(C)c1ccc2ccccc2c1)c1ccco1. The summed E-state index contributed by atoms with van der Waals surface area (Å²) in [5.41, 5.74) is 1.24. The largest absolute Gasteiger partial charge is 0.467 e. The second kappa shape index (κ2) is 7.58. The van der Waals surface area contributed by atoms with E-state index in [0.29, 0.717) is 5.75 Å². The number of amides is 1. The summed E-state index contributed by atoms with van der Waals surface area (Å²) in [7, 11) is 0. The third kappa shape index (κ3) is 4.01. The number of carbonyl (C=O) groups excluding carboxylic acids is 1. The Kier molecular flexibility index (Phi) is 5.26.